The van der Waals surface area contributed by atoms with Crippen molar-refractivity contribution in [2.45, 2.75) is 19.9 Å². The summed E-state index contributed by atoms with van der Waals surface area (Å²) in [6.07, 6.45) is 1.17. The second-order valence-corrected chi connectivity index (χ2v) is 4.48. The minimum atomic E-state index is 0.735. The number of ether oxygens (including phenoxy) is 1. The van der Waals surface area contributed by atoms with Gasteiger partial charge in [0.1, 0.15) is 12.4 Å². The summed E-state index contributed by atoms with van der Waals surface area (Å²) in [4.78, 5) is 2.12. The van der Waals surface area contributed by atoms with Crippen molar-refractivity contribution < 1.29 is 4.74 Å². The van der Waals surface area contributed by atoms with Crippen molar-refractivity contribution in [3.8, 4) is 5.75 Å². The van der Waals surface area contributed by atoms with E-state index in [1.807, 2.05) is 12.1 Å². The average Bonchev–Trinajstić information content (AvgIpc) is 2.29. The van der Waals surface area contributed by atoms with Gasteiger partial charge in [0.25, 0.3) is 0 Å². The molecule has 3 heteroatoms. The fourth-order valence-corrected chi connectivity index (χ4v) is 1.50. The predicted octanol–water partition coefficient (Wildman–Crippen LogP) is 2.13. The quantitative estimate of drug-likeness (QED) is 0.700. The fourth-order valence-electron chi connectivity index (χ4n) is 1.50. The highest BCUT2D eigenvalue weighted by Gasteiger charge is 1.97. The molecule has 1 rings (SSSR count). The van der Waals surface area contributed by atoms with E-state index in [4.69, 9.17) is 4.74 Å². The van der Waals surface area contributed by atoms with E-state index in [1.54, 1.807) is 0 Å². The maximum Gasteiger partial charge on any atom is 0.119 e. The van der Waals surface area contributed by atoms with E-state index in [0.717, 1.165) is 32.0 Å². The molecule has 0 saturated carbocycles. The lowest BCUT2D eigenvalue weighted by atomic mass is 10.2. The van der Waals surface area contributed by atoms with Crippen molar-refractivity contribution in [1.29, 1.82) is 0 Å². The standard InChI is InChI=1S/C14H24N2O/c1-4-8-15-12-13-6-5-7-14(11-13)17-10-9-16(2)3/h5-7,11,15H,4,8-10,12H2,1-3H3. The zero-order valence-corrected chi connectivity index (χ0v) is 11.2. The Kier molecular flexibility index (Phi) is 6.67. The first kappa shape index (κ1) is 14.0. The first-order valence-corrected chi connectivity index (χ1v) is 6.29. The van der Waals surface area contributed by atoms with Crippen molar-refractivity contribution in [2.24, 2.45) is 0 Å². The van der Waals surface area contributed by atoms with Crippen LogP contribution in [0.3, 0.4) is 0 Å². The normalized spacial score (nSPS) is 10.8. The van der Waals surface area contributed by atoms with E-state index in [9.17, 15) is 0 Å². The van der Waals surface area contributed by atoms with Gasteiger partial charge in [-0.15, -0.1) is 0 Å². The van der Waals surface area contributed by atoms with Crippen LogP contribution in [0, 0.1) is 0 Å². The van der Waals surface area contributed by atoms with Crippen LogP contribution in [0.25, 0.3) is 0 Å². The molecule has 1 N–H and O–H groups in total. The van der Waals surface area contributed by atoms with Gasteiger partial charge in [-0.25, -0.2) is 0 Å². The molecular formula is C14H24N2O. The number of nitrogens with zero attached hydrogens (tertiary/aromatic N) is 1. The van der Waals surface area contributed by atoms with Gasteiger partial charge in [-0.1, -0.05) is 19.1 Å². The molecule has 0 heterocycles. The third kappa shape index (κ3) is 6.29. The molecule has 0 atom stereocenters. The van der Waals surface area contributed by atoms with E-state index in [0.29, 0.717) is 0 Å². The van der Waals surface area contributed by atoms with Crippen molar-refractivity contribution in [3.63, 3.8) is 0 Å². The van der Waals surface area contributed by atoms with Crippen molar-refractivity contribution in [3.05, 3.63) is 29.8 Å². The highest BCUT2D eigenvalue weighted by Crippen LogP contribution is 2.13. The van der Waals surface area contributed by atoms with Crippen LogP contribution in [0.1, 0.15) is 18.9 Å². The zero-order chi connectivity index (χ0) is 12.5. The van der Waals surface area contributed by atoms with E-state index >= 15 is 0 Å². The summed E-state index contributed by atoms with van der Waals surface area (Å²) in [5.74, 6) is 0.961. The van der Waals surface area contributed by atoms with Crippen LogP contribution in [0.15, 0.2) is 24.3 Å². The molecule has 0 aliphatic carbocycles. The molecule has 0 aliphatic rings. The molecule has 0 radical (unpaired) electrons. The van der Waals surface area contributed by atoms with E-state index in [2.05, 4.69) is 43.4 Å². The van der Waals surface area contributed by atoms with Gasteiger partial charge in [-0.2, -0.15) is 0 Å². The molecule has 0 aromatic heterocycles. The molecule has 3 nitrogen and oxygen atoms in total. The lowest BCUT2D eigenvalue weighted by Crippen LogP contribution is -2.19. The van der Waals surface area contributed by atoms with Gasteiger partial charge >= 0.3 is 0 Å². The number of rotatable bonds is 8. The van der Waals surface area contributed by atoms with Crippen LogP contribution in [-0.4, -0.2) is 38.7 Å². The monoisotopic (exact) mass is 236 g/mol. The second kappa shape index (κ2) is 8.09. The molecule has 0 amide bonds. The summed E-state index contributed by atoms with van der Waals surface area (Å²) >= 11 is 0. The van der Waals surface area contributed by atoms with Crippen LogP contribution >= 0.6 is 0 Å². The van der Waals surface area contributed by atoms with Gasteiger partial charge < -0.3 is 15.0 Å². The lowest BCUT2D eigenvalue weighted by molar-refractivity contribution is 0.261. The van der Waals surface area contributed by atoms with E-state index in [-0.39, 0.29) is 0 Å². The summed E-state index contributed by atoms with van der Waals surface area (Å²) < 4.78 is 5.69. The first-order valence-electron chi connectivity index (χ1n) is 6.29. The van der Waals surface area contributed by atoms with Crippen LogP contribution < -0.4 is 10.1 Å². The summed E-state index contributed by atoms with van der Waals surface area (Å²) in [5, 5.41) is 3.39. The molecule has 0 aliphatic heterocycles. The largest absolute Gasteiger partial charge is 0.492 e. The fraction of sp³-hybridized carbons (Fsp3) is 0.571. The number of benzene rings is 1. The van der Waals surface area contributed by atoms with Gasteiger partial charge in [0.15, 0.2) is 0 Å². The lowest BCUT2D eigenvalue weighted by Gasteiger charge is -2.12. The van der Waals surface area contributed by atoms with Crippen molar-refractivity contribution in [2.75, 3.05) is 33.8 Å². The highest BCUT2D eigenvalue weighted by molar-refractivity contribution is 5.28. The maximum atomic E-state index is 5.69. The molecule has 0 saturated heterocycles. The predicted molar refractivity (Wildman–Crippen MR) is 72.5 cm³/mol. The molecule has 0 unspecified atom stereocenters. The molecule has 1 aromatic carbocycles. The Hall–Kier alpha value is -1.06. The van der Waals surface area contributed by atoms with Crippen LogP contribution in [-0.2, 0) is 6.54 Å². The van der Waals surface area contributed by atoms with Crippen LogP contribution in [0.2, 0.25) is 0 Å². The smallest absolute Gasteiger partial charge is 0.119 e. The van der Waals surface area contributed by atoms with Crippen molar-refractivity contribution in [1.82, 2.24) is 10.2 Å². The minimum Gasteiger partial charge on any atom is -0.492 e. The van der Waals surface area contributed by atoms with Crippen LogP contribution in [0.4, 0.5) is 0 Å². The molecule has 0 spiro atoms. The van der Waals surface area contributed by atoms with Gasteiger partial charge in [-0.3, -0.25) is 0 Å². The highest BCUT2D eigenvalue weighted by atomic mass is 16.5. The Balaban J connectivity index is 2.37. The summed E-state index contributed by atoms with van der Waals surface area (Å²) in [5.41, 5.74) is 1.28. The van der Waals surface area contributed by atoms with Crippen LogP contribution in [0.5, 0.6) is 5.75 Å². The minimum absolute atomic E-state index is 0.735. The summed E-state index contributed by atoms with van der Waals surface area (Å²) in [7, 11) is 4.10. The summed E-state index contributed by atoms with van der Waals surface area (Å²) in [6, 6.07) is 8.30. The molecule has 17 heavy (non-hydrogen) atoms. The third-order valence-corrected chi connectivity index (χ3v) is 2.46. The zero-order valence-electron chi connectivity index (χ0n) is 11.2. The molecule has 96 valence electrons. The SMILES string of the molecule is CCCNCc1cccc(OCCN(C)C)c1. The first-order chi connectivity index (χ1) is 8.22. The Morgan fingerprint density at radius 3 is 2.82 bits per heavy atom. The molecule has 0 fully saturated rings. The van der Waals surface area contributed by atoms with Crippen molar-refractivity contribution >= 4 is 0 Å². The van der Waals surface area contributed by atoms with Gasteiger partial charge in [0, 0.05) is 13.1 Å². The van der Waals surface area contributed by atoms with Gasteiger partial charge in [0.2, 0.25) is 0 Å². The maximum absolute atomic E-state index is 5.69. The van der Waals surface area contributed by atoms with E-state index in [1.165, 1.54) is 12.0 Å². The topological polar surface area (TPSA) is 24.5 Å². The number of likely N-dealkylation sites (N-methyl/N-ethyl adjacent to an activating group) is 1. The Morgan fingerprint density at radius 2 is 2.12 bits per heavy atom. The van der Waals surface area contributed by atoms with Gasteiger partial charge in [-0.05, 0) is 44.8 Å². The Morgan fingerprint density at radius 1 is 1.29 bits per heavy atom. The second-order valence-electron chi connectivity index (χ2n) is 4.48. The third-order valence-electron chi connectivity index (χ3n) is 2.46. The Labute approximate surface area is 105 Å². The number of hydrogen-bond acceptors (Lipinski definition) is 3. The average molecular weight is 236 g/mol. The van der Waals surface area contributed by atoms with E-state index < -0.39 is 0 Å². The molecule has 0 bridgehead atoms. The summed E-state index contributed by atoms with van der Waals surface area (Å²) in [6.45, 7) is 5.83. The van der Waals surface area contributed by atoms with Gasteiger partial charge in [0.05, 0.1) is 0 Å². The Bertz CT molecular complexity index is 313. The molecule has 1 aromatic rings. The number of hydrogen-bond donors (Lipinski definition) is 1. The molecular weight excluding hydrogens is 212 g/mol. The number of nitrogens with one attached hydrogen (secondary N) is 1.